The van der Waals surface area contributed by atoms with Crippen molar-refractivity contribution in [3.05, 3.63) is 29.8 Å². The van der Waals surface area contributed by atoms with Crippen LogP contribution in [0.25, 0.3) is 0 Å². The largest absolute Gasteiger partial charge is 0.416 e. The second-order valence-electron chi connectivity index (χ2n) is 6.18. The van der Waals surface area contributed by atoms with E-state index in [0.717, 1.165) is 12.5 Å². The van der Waals surface area contributed by atoms with Crippen LogP contribution in [-0.2, 0) is 11.0 Å². The van der Waals surface area contributed by atoms with E-state index >= 15 is 0 Å². The van der Waals surface area contributed by atoms with Crippen LogP contribution >= 0.6 is 0 Å². The van der Waals surface area contributed by atoms with Crippen LogP contribution < -0.4 is 4.90 Å². The van der Waals surface area contributed by atoms with E-state index < -0.39 is 11.7 Å². The van der Waals surface area contributed by atoms with Gasteiger partial charge in [0.25, 0.3) is 0 Å². The average molecular weight is 312 g/mol. The van der Waals surface area contributed by atoms with Gasteiger partial charge in [-0.3, -0.25) is 4.79 Å². The SMILES string of the molecule is C[C@H]1C[C@@H]1C(=O)N1CCN(c2cccc(C(F)(F)F)c2)CC1. The number of amides is 1. The Labute approximate surface area is 127 Å². The van der Waals surface area contributed by atoms with E-state index in [2.05, 4.69) is 6.92 Å². The lowest BCUT2D eigenvalue weighted by Crippen LogP contribution is -2.49. The Morgan fingerprint density at radius 3 is 2.36 bits per heavy atom. The summed E-state index contributed by atoms with van der Waals surface area (Å²) in [5.41, 5.74) is -0.0583. The van der Waals surface area contributed by atoms with Crippen molar-refractivity contribution in [2.75, 3.05) is 31.1 Å². The minimum Gasteiger partial charge on any atom is -0.368 e. The first kappa shape index (κ1) is 15.2. The van der Waals surface area contributed by atoms with Gasteiger partial charge in [-0.1, -0.05) is 13.0 Å². The number of benzene rings is 1. The molecular weight excluding hydrogens is 293 g/mol. The van der Waals surface area contributed by atoms with Gasteiger partial charge >= 0.3 is 6.18 Å². The summed E-state index contributed by atoms with van der Waals surface area (Å²) < 4.78 is 38.3. The monoisotopic (exact) mass is 312 g/mol. The Hall–Kier alpha value is -1.72. The number of hydrogen-bond acceptors (Lipinski definition) is 2. The van der Waals surface area contributed by atoms with E-state index in [9.17, 15) is 18.0 Å². The standard InChI is InChI=1S/C16H19F3N2O/c1-11-9-14(11)15(22)21-7-5-20(6-8-21)13-4-2-3-12(10-13)16(17,18)19/h2-4,10-11,14H,5-9H2,1H3/t11-,14-/m0/s1. The van der Waals surface area contributed by atoms with Gasteiger partial charge in [0, 0.05) is 37.8 Å². The van der Waals surface area contributed by atoms with Crippen LogP contribution in [0, 0.1) is 11.8 Å². The molecule has 0 N–H and O–H groups in total. The lowest BCUT2D eigenvalue weighted by molar-refractivity contribution is -0.137. The predicted octanol–water partition coefficient (Wildman–Crippen LogP) is 3.01. The number of hydrogen-bond donors (Lipinski definition) is 0. The van der Waals surface area contributed by atoms with Crippen molar-refractivity contribution in [1.29, 1.82) is 0 Å². The van der Waals surface area contributed by atoms with Crippen molar-refractivity contribution < 1.29 is 18.0 Å². The van der Waals surface area contributed by atoms with Gasteiger partial charge in [0.05, 0.1) is 5.56 Å². The van der Waals surface area contributed by atoms with Gasteiger partial charge in [-0.05, 0) is 30.5 Å². The van der Waals surface area contributed by atoms with E-state index in [4.69, 9.17) is 0 Å². The Balaban J connectivity index is 1.63. The normalized spacial score (nSPS) is 25.3. The van der Waals surface area contributed by atoms with Gasteiger partial charge in [0.15, 0.2) is 0 Å². The van der Waals surface area contributed by atoms with E-state index in [0.29, 0.717) is 37.8 Å². The lowest BCUT2D eigenvalue weighted by atomic mass is 10.1. The summed E-state index contributed by atoms with van der Waals surface area (Å²) in [5.74, 6) is 0.852. The highest BCUT2D eigenvalue weighted by Crippen LogP contribution is 2.39. The third-order valence-corrected chi connectivity index (χ3v) is 4.56. The van der Waals surface area contributed by atoms with Crippen LogP contribution in [0.5, 0.6) is 0 Å². The third-order valence-electron chi connectivity index (χ3n) is 4.56. The summed E-state index contributed by atoms with van der Waals surface area (Å²) in [6, 6.07) is 5.38. The molecule has 0 radical (unpaired) electrons. The molecule has 1 amide bonds. The van der Waals surface area contributed by atoms with Crippen LogP contribution in [0.15, 0.2) is 24.3 Å². The second kappa shape index (κ2) is 5.48. The molecule has 1 saturated heterocycles. The number of carbonyl (C=O) groups excluding carboxylic acids is 1. The molecule has 1 heterocycles. The highest BCUT2D eigenvalue weighted by Gasteiger charge is 2.42. The minimum absolute atomic E-state index is 0.167. The fourth-order valence-electron chi connectivity index (χ4n) is 2.96. The number of anilines is 1. The van der Waals surface area contributed by atoms with E-state index in [1.165, 1.54) is 12.1 Å². The van der Waals surface area contributed by atoms with E-state index in [1.54, 1.807) is 6.07 Å². The summed E-state index contributed by atoms with van der Waals surface area (Å²) in [5, 5.41) is 0. The van der Waals surface area contributed by atoms with Crippen LogP contribution in [0.1, 0.15) is 18.9 Å². The number of halogens is 3. The Morgan fingerprint density at radius 2 is 1.82 bits per heavy atom. The number of alkyl halides is 3. The van der Waals surface area contributed by atoms with Gasteiger partial charge in [0.2, 0.25) is 5.91 Å². The average Bonchev–Trinajstić information content (AvgIpc) is 3.23. The van der Waals surface area contributed by atoms with Crippen molar-refractivity contribution in [1.82, 2.24) is 4.90 Å². The lowest BCUT2D eigenvalue weighted by Gasteiger charge is -2.36. The quantitative estimate of drug-likeness (QED) is 0.838. The zero-order valence-corrected chi connectivity index (χ0v) is 12.4. The molecule has 2 aliphatic rings. The van der Waals surface area contributed by atoms with Gasteiger partial charge in [-0.15, -0.1) is 0 Å². The third kappa shape index (κ3) is 3.05. The molecule has 22 heavy (non-hydrogen) atoms. The Bertz CT molecular complexity index is 565. The fraction of sp³-hybridized carbons (Fsp3) is 0.562. The van der Waals surface area contributed by atoms with E-state index in [1.807, 2.05) is 9.80 Å². The summed E-state index contributed by atoms with van der Waals surface area (Å²) in [6.45, 7) is 4.39. The van der Waals surface area contributed by atoms with E-state index in [-0.39, 0.29) is 11.8 Å². The van der Waals surface area contributed by atoms with Gasteiger partial charge in [-0.25, -0.2) is 0 Å². The molecule has 0 unspecified atom stereocenters. The highest BCUT2D eigenvalue weighted by atomic mass is 19.4. The predicted molar refractivity (Wildman–Crippen MR) is 77.5 cm³/mol. The first-order valence-corrected chi connectivity index (χ1v) is 7.57. The van der Waals surface area contributed by atoms with Crippen molar-refractivity contribution in [2.24, 2.45) is 11.8 Å². The van der Waals surface area contributed by atoms with Gasteiger partial charge in [0.1, 0.15) is 0 Å². The number of piperazine rings is 1. The maximum Gasteiger partial charge on any atom is 0.416 e. The van der Waals surface area contributed by atoms with Crippen LogP contribution in [0.2, 0.25) is 0 Å². The summed E-state index contributed by atoms with van der Waals surface area (Å²) >= 11 is 0. The first-order chi connectivity index (χ1) is 10.4. The molecule has 3 nitrogen and oxygen atoms in total. The molecule has 1 aliphatic heterocycles. The fourth-order valence-corrected chi connectivity index (χ4v) is 2.96. The zero-order valence-electron chi connectivity index (χ0n) is 12.4. The smallest absolute Gasteiger partial charge is 0.368 e. The molecule has 0 spiro atoms. The minimum atomic E-state index is -4.32. The van der Waals surface area contributed by atoms with Crippen LogP contribution in [0.4, 0.5) is 18.9 Å². The van der Waals surface area contributed by atoms with Crippen molar-refractivity contribution in [3.63, 3.8) is 0 Å². The summed E-state index contributed by atoms with van der Waals surface area (Å²) in [7, 11) is 0. The zero-order chi connectivity index (χ0) is 15.9. The number of rotatable bonds is 2. The molecule has 0 bridgehead atoms. The molecule has 1 aromatic rings. The first-order valence-electron chi connectivity index (χ1n) is 7.57. The molecule has 2 atom stereocenters. The second-order valence-corrected chi connectivity index (χ2v) is 6.18. The molecular formula is C16H19F3N2O. The van der Waals surface area contributed by atoms with Gasteiger partial charge in [-0.2, -0.15) is 13.2 Å². The van der Waals surface area contributed by atoms with Gasteiger partial charge < -0.3 is 9.80 Å². The van der Waals surface area contributed by atoms with Crippen molar-refractivity contribution in [3.8, 4) is 0 Å². The summed E-state index contributed by atoms with van der Waals surface area (Å²) in [4.78, 5) is 15.9. The summed E-state index contributed by atoms with van der Waals surface area (Å²) in [6.07, 6.45) is -3.36. The van der Waals surface area contributed by atoms with Crippen LogP contribution in [0.3, 0.4) is 0 Å². The molecule has 6 heteroatoms. The Morgan fingerprint density at radius 1 is 1.18 bits per heavy atom. The number of nitrogens with zero attached hydrogens (tertiary/aromatic N) is 2. The Kier molecular flexibility index (Phi) is 3.78. The molecule has 1 aliphatic carbocycles. The molecule has 3 rings (SSSR count). The molecule has 1 aromatic carbocycles. The molecule has 2 fully saturated rings. The van der Waals surface area contributed by atoms with Crippen molar-refractivity contribution in [2.45, 2.75) is 19.5 Å². The molecule has 1 saturated carbocycles. The number of carbonyl (C=O) groups is 1. The van der Waals surface area contributed by atoms with Crippen LogP contribution in [-0.4, -0.2) is 37.0 Å². The molecule has 0 aromatic heterocycles. The highest BCUT2D eigenvalue weighted by molar-refractivity contribution is 5.81. The molecule has 120 valence electrons. The maximum absolute atomic E-state index is 12.8. The topological polar surface area (TPSA) is 23.6 Å². The maximum atomic E-state index is 12.8. The van der Waals surface area contributed by atoms with Crippen molar-refractivity contribution >= 4 is 11.6 Å².